The minimum atomic E-state index is -0.387. The van der Waals surface area contributed by atoms with Gasteiger partial charge in [0, 0.05) is 25.0 Å². The standard InChI is InChI=1S/C23H27ClN2O3/c1-16(2)29-23(28)25-13-7-10-21(20-12-11-19(24)14-22(20)25)26(17(3)27)15-18-8-5-4-6-9-18/h4-6,8-9,11-12,14,16,21H,7,10,13,15H2,1-3H3. The molecule has 1 unspecified atom stereocenters. The lowest BCUT2D eigenvalue weighted by Gasteiger charge is -2.32. The number of anilines is 1. The lowest BCUT2D eigenvalue weighted by molar-refractivity contribution is -0.132. The Kier molecular flexibility index (Phi) is 6.80. The van der Waals surface area contributed by atoms with E-state index in [4.69, 9.17) is 16.3 Å². The summed E-state index contributed by atoms with van der Waals surface area (Å²) >= 11 is 6.27. The van der Waals surface area contributed by atoms with Crippen LogP contribution in [0.3, 0.4) is 0 Å². The van der Waals surface area contributed by atoms with Gasteiger partial charge in [-0.3, -0.25) is 9.69 Å². The number of halogens is 1. The van der Waals surface area contributed by atoms with Crippen LogP contribution in [0.2, 0.25) is 5.02 Å². The first-order valence-electron chi connectivity index (χ1n) is 9.95. The highest BCUT2D eigenvalue weighted by Gasteiger charge is 2.32. The summed E-state index contributed by atoms with van der Waals surface area (Å²) < 4.78 is 5.44. The summed E-state index contributed by atoms with van der Waals surface area (Å²) in [7, 11) is 0. The Hall–Kier alpha value is -2.53. The Labute approximate surface area is 177 Å². The highest BCUT2D eigenvalue weighted by atomic mass is 35.5. The predicted octanol–water partition coefficient (Wildman–Crippen LogP) is 5.58. The number of benzene rings is 2. The normalized spacial score (nSPS) is 16.2. The molecule has 5 nitrogen and oxygen atoms in total. The van der Waals surface area contributed by atoms with Gasteiger partial charge in [0.2, 0.25) is 5.91 Å². The van der Waals surface area contributed by atoms with Gasteiger partial charge in [-0.2, -0.15) is 0 Å². The zero-order valence-electron chi connectivity index (χ0n) is 17.1. The van der Waals surface area contributed by atoms with E-state index in [0.29, 0.717) is 23.8 Å². The highest BCUT2D eigenvalue weighted by Crippen LogP contribution is 2.39. The first kappa shape index (κ1) is 21.2. The number of hydrogen-bond acceptors (Lipinski definition) is 3. The maximum atomic E-state index is 12.7. The summed E-state index contributed by atoms with van der Waals surface area (Å²) in [5.41, 5.74) is 2.70. The minimum Gasteiger partial charge on any atom is -0.446 e. The predicted molar refractivity (Wildman–Crippen MR) is 115 cm³/mol. The Bertz CT molecular complexity index is 870. The van der Waals surface area contributed by atoms with E-state index >= 15 is 0 Å². The first-order chi connectivity index (χ1) is 13.9. The molecular weight excluding hydrogens is 388 g/mol. The van der Waals surface area contributed by atoms with Crippen LogP contribution in [0.15, 0.2) is 48.5 Å². The lowest BCUT2D eigenvalue weighted by atomic mass is 9.99. The van der Waals surface area contributed by atoms with E-state index in [2.05, 4.69) is 0 Å². The largest absolute Gasteiger partial charge is 0.446 e. The number of rotatable bonds is 4. The quantitative estimate of drug-likeness (QED) is 0.656. The maximum Gasteiger partial charge on any atom is 0.414 e. The molecule has 1 aliphatic heterocycles. The third-order valence-electron chi connectivity index (χ3n) is 5.03. The molecule has 29 heavy (non-hydrogen) atoms. The Morgan fingerprint density at radius 2 is 1.93 bits per heavy atom. The van der Waals surface area contributed by atoms with Crippen molar-refractivity contribution < 1.29 is 14.3 Å². The topological polar surface area (TPSA) is 49.9 Å². The molecule has 154 valence electrons. The molecule has 0 spiro atoms. The molecule has 0 radical (unpaired) electrons. The second-order valence-electron chi connectivity index (χ2n) is 7.58. The summed E-state index contributed by atoms with van der Waals surface area (Å²) in [4.78, 5) is 28.8. The van der Waals surface area contributed by atoms with Gasteiger partial charge in [0.25, 0.3) is 0 Å². The van der Waals surface area contributed by atoms with E-state index in [1.165, 1.54) is 0 Å². The molecule has 0 saturated carbocycles. The molecule has 0 aliphatic carbocycles. The zero-order valence-corrected chi connectivity index (χ0v) is 17.9. The van der Waals surface area contributed by atoms with Crippen LogP contribution in [-0.2, 0) is 16.1 Å². The van der Waals surface area contributed by atoms with Gasteiger partial charge >= 0.3 is 6.09 Å². The average molecular weight is 415 g/mol. The number of hydrogen-bond donors (Lipinski definition) is 0. The fraction of sp³-hybridized carbons (Fsp3) is 0.391. The molecule has 0 aromatic heterocycles. The summed E-state index contributed by atoms with van der Waals surface area (Å²) in [6.45, 7) is 6.28. The van der Waals surface area contributed by atoms with Crippen LogP contribution >= 0.6 is 11.6 Å². The minimum absolute atomic E-state index is 0.00189. The van der Waals surface area contributed by atoms with Crippen molar-refractivity contribution in [3.8, 4) is 0 Å². The molecule has 1 aliphatic rings. The van der Waals surface area contributed by atoms with Crippen molar-refractivity contribution in [2.45, 2.75) is 52.3 Å². The van der Waals surface area contributed by atoms with Crippen LogP contribution < -0.4 is 4.90 Å². The SMILES string of the molecule is CC(=O)N(Cc1ccccc1)C1CCCN(C(=O)OC(C)C)c2cc(Cl)ccc21. The number of amides is 2. The molecule has 3 rings (SSSR count). The Morgan fingerprint density at radius 3 is 2.59 bits per heavy atom. The Balaban J connectivity index is 2.00. The van der Waals surface area contributed by atoms with E-state index in [9.17, 15) is 9.59 Å². The van der Waals surface area contributed by atoms with Crippen molar-refractivity contribution in [2.24, 2.45) is 0 Å². The molecule has 0 bridgehead atoms. The van der Waals surface area contributed by atoms with Crippen LogP contribution in [0.4, 0.5) is 10.5 Å². The number of ether oxygens (including phenoxy) is 1. The second-order valence-corrected chi connectivity index (χ2v) is 8.01. The third-order valence-corrected chi connectivity index (χ3v) is 5.27. The average Bonchev–Trinajstić information content (AvgIpc) is 2.85. The molecule has 2 amide bonds. The molecule has 0 fully saturated rings. The molecular formula is C23H27ClN2O3. The lowest BCUT2D eigenvalue weighted by Crippen LogP contribution is -2.34. The monoisotopic (exact) mass is 414 g/mol. The number of fused-ring (bicyclic) bond motifs is 1. The zero-order chi connectivity index (χ0) is 21.0. The van der Waals surface area contributed by atoms with E-state index < -0.39 is 0 Å². The van der Waals surface area contributed by atoms with E-state index in [-0.39, 0.29) is 24.1 Å². The molecule has 6 heteroatoms. The van der Waals surface area contributed by atoms with Crippen molar-refractivity contribution in [2.75, 3.05) is 11.4 Å². The fourth-order valence-electron chi connectivity index (χ4n) is 3.75. The number of carbonyl (C=O) groups is 2. The summed E-state index contributed by atoms with van der Waals surface area (Å²) in [6.07, 6.45) is 0.910. The number of nitrogens with zero attached hydrogens (tertiary/aromatic N) is 2. The van der Waals surface area contributed by atoms with E-state index in [1.807, 2.05) is 61.2 Å². The Morgan fingerprint density at radius 1 is 1.21 bits per heavy atom. The van der Waals surface area contributed by atoms with Crippen LogP contribution in [0.1, 0.15) is 50.8 Å². The first-order valence-corrected chi connectivity index (χ1v) is 10.3. The van der Waals surface area contributed by atoms with Gasteiger partial charge in [0.1, 0.15) is 0 Å². The van der Waals surface area contributed by atoms with Crippen molar-refractivity contribution in [1.82, 2.24) is 4.90 Å². The molecule has 2 aromatic rings. The molecule has 2 aromatic carbocycles. The molecule has 0 saturated heterocycles. The maximum absolute atomic E-state index is 12.7. The van der Waals surface area contributed by atoms with Crippen LogP contribution in [0.25, 0.3) is 0 Å². The van der Waals surface area contributed by atoms with Crippen molar-refractivity contribution >= 4 is 29.3 Å². The van der Waals surface area contributed by atoms with Gasteiger partial charge in [-0.05, 0) is 49.9 Å². The van der Waals surface area contributed by atoms with Crippen LogP contribution in [0, 0.1) is 0 Å². The fourth-order valence-corrected chi connectivity index (χ4v) is 3.92. The molecule has 1 atom stereocenters. The van der Waals surface area contributed by atoms with E-state index in [0.717, 1.165) is 24.0 Å². The second kappa shape index (κ2) is 9.31. The summed E-state index contributed by atoms with van der Waals surface area (Å²) in [6, 6.07) is 15.3. The van der Waals surface area contributed by atoms with Gasteiger partial charge in [-0.25, -0.2) is 4.79 Å². The van der Waals surface area contributed by atoms with Gasteiger partial charge in [0.05, 0.1) is 17.8 Å². The molecule has 0 N–H and O–H groups in total. The third kappa shape index (κ3) is 5.10. The summed E-state index contributed by atoms with van der Waals surface area (Å²) in [5, 5.41) is 0.546. The van der Waals surface area contributed by atoms with Gasteiger partial charge in [0.15, 0.2) is 0 Å². The van der Waals surface area contributed by atoms with Crippen molar-refractivity contribution in [3.05, 3.63) is 64.7 Å². The number of carbonyl (C=O) groups excluding carboxylic acids is 2. The highest BCUT2D eigenvalue weighted by molar-refractivity contribution is 6.31. The van der Waals surface area contributed by atoms with E-state index in [1.54, 1.807) is 17.9 Å². The van der Waals surface area contributed by atoms with Gasteiger partial charge in [-0.15, -0.1) is 0 Å². The van der Waals surface area contributed by atoms with Gasteiger partial charge < -0.3 is 9.64 Å². The van der Waals surface area contributed by atoms with Crippen LogP contribution in [0.5, 0.6) is 0 Å². The van der Waals surface area contributed by atoms with Crippen molar-refractivity contribution in [1.29, 1.82) is 0 Å². The smallest absolute Gasteiger partial charge is 0.414 e. The van der Waals surface area contributed by atoms with Gasteiger partial charge in [-0.1, -0.05) is 48.0 Å². The van der Waals surface area contributed by atoms with Crippen LogP contribution in [-0.4, -0.2) is 29.5 Å². The summed E-state index contributed by atoms with van der Waals surface area (Å²) in [5.74, 6) is -0.00189. The van der Waals surface area contributed by atoms with Crippen molar-refractivity contribution in [3.63, 3.8) is 0 Å². The molecule has 1 heterocycles.